The summed E-state index contributed by atoms with van der Waals surface area (Å²) in [6.45, 7) is 2.19. The van der Waals surface area contributed by atoms with Crippen LogP contribution in [0.15, 0.2) is 6.07 Å². The van der Waals surface area contributed by atoms with E-state index in [0.717, 1.165) is 31.2 Å². The minimum atomic E-state index is -0.463. The van der Waals surface area contributed by atoms with Gasteiger partial charge in [0, 0.05) is 6.54 Å². The van der Waals surface area contributed by atoms with Gasteiger partial charge >= 0.3 is 0 Å². The van der Waals surface area contributed by atoms with Gasteiger partial charge in [-0.05, 0) is 31.4 Å². The molecule has 104 valence electrons. The summed E-state index contributed by atoms with van der Waals surface area (Å²) in [6, 6.07) is 1.67. The average molecular weight is 302 g/mol. The van der Waals surface area contributed by atoms with Crippen LogP contribution < -0.4 is 11.1 Å². The molecule has 6 heteroatoms. The standard InChI is InChI=1S/C13H17Cl2N3O/c1-8-6-9(14)17-11(15)10(8)18-12(19)13(7-16)4-2-3-5-13/h6H,2-5,7,16H2,1H3,(H,18,19). The van der Waals surface area contributed by atoms with Gasteiger partial charge in [-0.2, -0.15) is 0 Å². The van der Waals surface area contributed by atoms with Crippen LogP contribution >= 0.6 is 23.2 Å². The molecule has 1 aliphatic carbocycles. The second-order valence-corrected chi connectivity index (χ2v) is 5.82. The summed E-state index contributed by atoms with van der Waals surface area (Å²) >= 11 is 11.8. The van der Waals surface area contributed by atoms with Crippen molar-refractivity contribution >= 4 is 34.8 Å². The number of pyridine rings is 1. The molecule has 1 fully saturated rings. The van der Waals surface area contributed by atoms with Crippen molar-refractivity contribution < 1.29 is 4.79 Å². The number of carbonyl (C=O) groups is 1. The second-order valence-electron chi connectivity index (χ2n) is 5.07. The number of rotatable bonds is 3. The largest absolute Gasteiger partial charge is 0.329 e. The van der Waals surface area contributed by atoms with E-state index in [4.69, 9.17) is 28.9 Å². The van der Waals surface area contributed by atoms with Gasteiger partial charge in [-0.3, -0.25) is 4.79 Å². The highest BCUT2D eigenvalue weighted by Gasteiger charge is 2.40. The maximum atomic E-state index is 12.4. The van der Waals surface area contributed by atoms with Crippen molar-refractivity contribution in [3.8, 4) is 0 Å². The van der Waals surface area contributed by atoms with E-state index in [0.29, 0.717) is 17.4 Å². The monoisotopic (exact) mass is 301 g/mol. The average Bonchev–Trinajstić information content (AvgIpc) is 2.83. The number of halogens is 2. The smallest absolute Gasteiger partial charge is 0.231 e. The molecule has 19 heavy (non-hydrogen) atoms. The first-order chi connectivity index (χ1) is 8.98. The quantitative estimate of drug-likeness (QED) is 0.843. The van der Waals surface area contributed by atoms with Crippen molar-refractivity contribution in [3.63, 3.8) is 0 Å². The summed E-state index contributed by atoms with van der Waals surface area (Å²) in [4.78, 5) is 16.4. The van der Waals surface area contributed by atoms with Crippen LogP contribution in [0.25, 0.3) is 0 Å². The number of nitrogens with two attached hydrogens (primary N) is 1. The van der Waals surface area contributed by atoms with E-state index in [-0.39, 0.29) is 11.1 Å². The highest BCUT2D eigenvalue weighted by molar-refractivity contribution is 6.34. The molecule has 2 rings (SSSR count). The van der Waals surface area contributed by atoms with Crippen LogP contribution in [-0.4, -0.2) is 17.4 Å². The third kappa shape index (κ3) is 2.86. The number of nitrogens with one attached hydrogen (secondary N) is 1. The van der Waals surface area contributed by atoms with E-state index < -0.39 is 5.41 Å². The lowest BCUT2D eigenvalue weighted by Gasteiger charge is -2.26. The summed E-state index contributed by atoms with van der Waals surface area (Å²) < 4.78 is 0. The number of carbonyl (C=O) groups excluding carboxylic acids is 1. The van der Waals surface area contributed by atoms with Gasteiger partial charge in [-0.25, -0.2) is 4.98 Å². The van der Waals surface area contributed by atoms with Gasteiger partial charge in [-0.1, -0.05) is 36.0 Å². The van der Waals surface area contributed by atoms with Crippen molar-refractivity contribution in [2.24, 2.45) is 11.1 Å². The highest BCUT2D eigenvalue weighted by atomic mass is 35.5. The molecule has 0 aromatic carbocycles. The molecule has 0 spiro atoms. The molecule has 1 amide bonds. The molecular weight excluding hydrogens is 285 g/mol. The van der Waals surface area contributed by atoms with Crippen molar-refractivity contribution in [2.45, 2.75) is 32.6 Å². The van der Waals surface area contributed by atoms with Crippen LogP contribution in [-0.2, 0) is 4.79 Å². The topological polar surface area (TPSA) is 68.0 Å². The maximum Gasteiger partial charge on any atom is 0.231 e. The highest BCUT2D eigenvalue weighted by Crippen LogP contribution is 2.39. The minimum absolute atomic E-state index is 0.0679. The lowest BCUT2D eigenvalue weighted by molar-refractivity contribution is -0.124. The Morgan fingerprint density at radius 1 is 1.47 bits per heavy atom. The summed E-state index contributed by atoms with van der Waals surface area (Å²) in [5.41, 5.74) is 6.65. The molecule has 1 aromatic rings. The van der Waals surface area contributed by atoms with Gasteiger partial charge < -0.3 is 11.1 Å². The Kier molecular flexibility index (Phi) is 4.33. The SMILES string of the molecule is Cc1cc(Cl)nc(Cl)c1NC(=O)C1(CN)CCCC1. The molecule has 4 nitrogen and oxygen atoms in total. The molecule has 1 aromatic heterocycles. The number of hydrogen-bond acceptors (Lipinski definition) is 3. The molecule has 0 bridgehead atoms. The Balaban J connectivity index is 2.24. The van der Waals surface area contributed by atoms with E-state index in [1.165, 1.54) is 0 Å². The van der Waals surface area contributed by atoms with Crippen LogP contribution in [0.3, 0.4) is 0 Å². The lowest BCUT2D eigenvalue weighted by Crippen LogP contribution is -2.40. The van der Waals surface area contributed by atoms with E-state index in [1.54, 1.807) is 6.07 Å². The van der Waals surface area contributed by atoms with Gasteiger partial charge in [0.25, 0.3) is 0 Å². The van der Waals surface area contributed by atoms with Gasteiger partial charge in [0.15, 0.2) is 5.15 Å². The predicted molar refractivity (Wildman–Crippen MR) is 77.6 cm³/mol. The number of amides is 1. The van der Waals surface area contributed by atoms with Gasteiger partial charge in [0.2, 0.25) is 5.91 Å². The van der Waals surface area contributed by atoms with Gasteiger partial charge in [0.05, 0.1) is 11.1 Å². The molecular formula is C13H17Cl2N3O. The Morgan fingerprint density at radius 2 is 2.11 bits per heavy atom. The molecule has 3 N–H and O–H groups in total. The van der Waals surface area contributed by atoms with Gasteiger partial charge in [-0.15, -0.1) is 0 Å². The zero-order chi connectivity index (χ0) is 14.0. The van der Waals surface area contributed by atoms with Crippen LogP contribution in [0.1, 0.15) is 31.2 Å². The lowest BCUT2D eigenvalue weighted by atomic mass is 9.85. The zero-order valence-corrected chi connectivity index (χ0v) is 12.3. The fourth-order valence-corrected chi connectivity index (χ4v) is 3.15. The maximum absolute atomic E-state index is 12.4. The first-order valence-electron chi connectivity index (χ1n) is 6.33. The first kappa shape index (κ1) is 14.6. The summed E-state index contributed by atoms with van der Waals surface area (Å²) in [6.07, 6.45) is 3.73. The number of hydrogen-bond donors (Lipinski definition) is 2. The zero-order valence-electron chi connectivity index (χ0n) is 10.8. The van der Waals surface area contributed by atoms with Crippen LogP contribution in [0.5, 0.6) is 0 Å². The van der Waals surface area contributed by atoms with Crippen LogP contribution in [0.2, 0.25) is 10.3 Å². The van der Waals surface area contributed by atoms with Crippen molar-refractivity contribution in [1.29, 1.82) is 0 Å². The third-order valence-electron chi connectivity index (χ3n) is 3.81. The number of aromatic nitrogens is 1. The molecule has 1 heterocycles. The fourth-order valence-electron chi connectivity index (χ4n) is 2.57. The van der Waals surface area contributed by atoms with E-state index in [2.05, 4.69) is 10.3 Å². The minimum Gasteiger partial charge on any atom is -0.329 e. The van der Waals surface area contributed by atoms with E-state index in [1.807, 2.05) is 6.92 Å². The Labute approximate surface area is 122 Å². The molecule has 0 radical (unpaired) electrons. The molecule has 0 unspecified atom stereocenters. The Hall–Kier alpha value is -0.840. The van der Waals surface area contributed by atoms with Crippen molar-refractivity contribution in [3.05, 3.63) is 21.9 Å². The number of aryl methyl sites for hydroxylation is 1. The molecule has 0 saturated heterocycles. The van der Waals surface area contributed by atoms with E-state index >= 15 is 0 Å². The fraction of sp³-hybridized carbons (Fsp3) is 0.538. The molecule has 0 atom stereocenters. The van der Waals surface area contributed by atoms with Crippen molar-refractivity contribution in [1.82, 2.24) is 4.98 Å². The summed E-state index contributed by atoms with van der Waals surface area (Å²) in [7, 11) is 0. The van der Waals surface area contributed by atoms with Crippen LogP contribution in [0, 0.1) is 12.3 Å². The second kappa shape index (κ2) is 5.65. The normalized spacial score (nSPS) is 17.5. The van der Waals surface area contributed by atoms with E-state index in [9.17, 15) is 4.79 Å². The van der Waals surface area contributed by atoms with Gasteiger partial charge in [0.1, 0.15) is 5.15 Å². The molecule has 1 saturated carbocycles. The Morgan fingerprint density at radius 3 is 2.63 bits per heavy atom. The van der Waals surface area contributed by atoms with Crippen LogP contribution in [0.4, 0.5) is 5.69 Å². The van der Waals surface area contributed by atoms with Crippen molar-refractivity contribution in [2.75, 3.05) is 11.9 Å². The summed E-state index contributed by atoms with van der Waals surface area (Å²) in [5.74, 6) is -0.0679. The molecule has 1 aliphatic rings. The third-order valence-corrected chi connectivity index (χ3v) is 4.28. The predicted octanol–water partition coefficient (Wildman–Crippen LogP) is 3.15. The number of anilines is 1. The number of nitrogens with zero attached hydrogens (tertiary/aromatic N) is 1. The Bertz CT molecular complexity index is 476. The molecule has 0 aliphatic heterocycles. The summed E-state index contributed by atoms with van der Waals surface area (Å²) in [5, 5.41) is 3.39. The first-order valence-corrected chi connectivity index (χ1v) is 7.08.